The Morgan fingerprint density at radius 1 is 0.579 bits per heavy atom. The second kappa shape index (κ2) is 13.3. The number of benzene rings is 2. The zero-order valence-corrected chi connectivity index (χ0v) is 14.7. The molecule has 0 fully saturated rings. The third-order valence-electron chi connectivity index (χ3n) is 1.63. The van der Waals surface area contributed by atoms with E-state index in [9.17, 15) is 0 Å². The van der Waals surface area contributed by atoms with E-state index in [1.54, 1.807) is 48.5 Å². The van der Waals surface area contributed by atoms with Crippen molar-refractivity contribution in [3.05, 3.63) is 58.6 Å². The molecule has 0 aliphatic carbocycles. The van der Waals surface area contributed by atoms with Crippen LogP contribution in [-0.2, 0) is 25.3 Å². The molecule has 0 N–H and O–H groups in total. The Hall–Kier alpha value is 0.259. The van der Waals surface area contributed by atoms with Gasteiger partial charge in [-0.05, 0) is 24.3 Å². The van der Waals surface area contributed by atoms with Gasteiger partial charge in [-0.1, -0.05) is 62.3 Å². The van der Waals surface area contributed by atoms with Gasteiger partial charge in [-0.25, -0.2) is 0 Å². The molecule has 0 aliphatic heterocycles. The van der Waals surface area contributed by atoms with Gasteiger partial charge in [0.25, 0.3) is 0 Å². The molecule has 0 atom stereocenters. The molecule has 0 nitrogen and oxygen atoms in total. The Morgan fingerprint density at radius 3 is 0.947 bits per heavy atom. The molecule has 0 unspecified atom stereocenters. The summed E-state index contributed by atoms with van der Waals surface area (Å²) in [5.41, 5.74) is 0. The van der Waals surface area contributed by atoms with Gasteiger partial charge in [0, 0.05) is 10.0 Å². The fraction of sp³-hybridized carbons (Fsp3) is 0.143. The van der Waals surface area contributed by atoms with E-state index in [1.165, 1.54) is 0 Å². The van der Waals surface area contributed by atoms with Crippen LogP contribution in [0.1, 0.15) is 14.9 Å². The first kappa shape index (κ1) is 24.3. The van der Waals surface area contributed by atoms with Crippen LogP contribution in [0.4, 0.5) is 0 Å². The minimum Gasteiger partial charge on any atom is -0.780 e. The van der Waals surface area contributed by atoms with Crippen molar-refractivity contribution in [2.24, 2.45) is 0 Å². The Morgan fingerprint density at radius 2 is 0.789 bits per heavy atom. The van der Waals surface area contributed by atoms with Crippen molar-refractivity contribution in [2.45, 2.75) is 24.6 Å². The molecule has 102 valence electrons. The second-order valence-electron chi connectivity index (χ2n) is 2.91. The third-order valence-corrected chi connectivity index (χ3v) is 2.68. The van der Waals surface area contributed by atoms with Gasteiger partial charge in [-0.2, -0.15) is 9.79 Å². The van der Waals surface area contributed by atoms with Crippen LogP contribution < -0.4 is 0 Å². The number of hydrogen-bond donors (Lipinski definition) is 0. The summed E-state index contributed by atoms with van der Waals surface area (Å²) in [6.45, 7) is 0. The van der Waals surface area contributed by atoms with Gasteiger partial charge in [-0.15, -0.1) is 0 Å². The van der Waals surface area contributed by atoms with E-state index < -0.39 is 0 Å². The summed E-state index contributed by atoms with van der Waals surface area (Å²) in [6, 6.07) is 14.3. The molecule has 0 spiro atoms. The van der Waals surface area contributed by atoms with Crippen LogP contribution in [-0.4, -0.2) is 23.9 Å². The molecule has 0 aromatic heterocycles. The van der Waals surface area contributed by atoms with Crippen molar-refractivity contribution in [1.82, 2.24) is 0 Å². The quantitative estimate of drug-likeness (QED) is 0.400. The molecule has 2 radical (unpaired) electrons. The Balaban J connectivity index is -0.000000233. The maximum atomic E-state index is 5.57. The van der Waals surface area contributed by atoms with Crippen molar-refractivity contribution in [3.63, 3.8) is 0 Å². The van der Waals surface area contributed by atoms with E-state index in [0.29, 0.717) is 0 Å². The van der Waals surface area contributed by atoms with Crippen LogP contribution in [0.2, 0.25) is 10.0 Å². The predicted octanol–water partition coefficient (Wildman–Crippen LogP) is 5.38. The van der Waals surface area contributed by atoms with Crippen LogP contribution in [0, 0.1) is 0 Å². The first-order chi connectivity index (χ1) is 7.58. The number of hydrogen-bond acceptors (Lipinski definition) is 2. The van der Waals surface area contributed by atoms with Crippen LogP contribution >= 0.6 is 23.2 Å². The molecule has 0 amide bonds. The van der Waals surface area contributed by atoms with Gasteiger partial charge in [0.2, 0.25) is 0 Å². The molecule has 2 aromatic rings. The van der Waals surface area contributed by atoms with Crippen LogP contribution in [0.15, 0.2) is 58.3 Å². The van der Waals surface area contributed by atoms with E-state index in [2.05, 4.69) is 0 Å². The fourth-order valence-electron chi connectivity index (χ4n) is 0.869. The van der Waals surface area contributed by atoms with Crippen molar-refractivity contribution in [3.8, 4) is 0 Å². The molecule has 2 rings (SSSR count). The first-order valence-electron chi connectivity index (χ1n) is 4.43. The molecule has 2 aromatic carbocycles. The minimum atomic E-state index is 0. The summed E-state index contributed by atoms with van der Waals surface area (Å²) in [7, 11) is 0. The van der Waals surface area contributed by atoms with Gasteiger partial charge >= 0.3 is 23.9 Å². The van der Waals surface area contributed by atoms with Crippen molar-refractivity contribution < 1.29 is 0 Å². The summed E-state index contributed by atoms with van der Waals surface area (Å²) >= 11 is 20.8. The van der Waals surface area contributed by atoms with Crippen LogP contribution in [0.25, 0.3) is 0 Å². The summed E-state index contributed by atoms with van der Waals surface area (Å²) in [5, 5.41) is 1.47. The standard InChI is InChI=1S/2C6H5ClS.2CH4.Sn/c2*7-5-1-3-6(8)4-2-5;;;/h2*1-4,8H;2*1H4;/q;;;;+2/p-2. The third kappa shape index (κ3) is 11.8. The largest absolute Gasteiger partial charge is 2.00 e. The smallest absolute Gasteiger partial charge is 0.780 e. The average molecular weight is 438 g/mol. The summed E-state index contributed by atoms with van der Waals surface area (Å²) in [5.74, 6) is 0. The summed E-state index contributed by atoms with van der Waals surface area (Å²) in [6.07, 6.45) is 0. The molecule has 5 heteroatoms. The topological polar surface area (TPSA) is 0 Å². The van der Waals surface area contributed by atoms with Gasteiger partial charge < -0.3 is 25.3 Å². The Labute approximate surface area is 154 Å². The van der Waals surface area contributed by atoms with E-state index in [1.807, 2.05) is 0 Å². The van der Waals surface area contributed by atoms with E-state index in [-0.39, 0.29) is 38.8 Å². The number of halogens is 2. The normalized spacial score (nSPS) is 7.68. The van der Waals surface area contributed by atoms with E-state index in [4.69, 9.17) is 48.5 Å². The molecular formula is C14H16Cl2S2Sn. The second-order valence-corrected chi connectivity index (χ2v) is 4.72. The van der Waals surface area contributed by atoms with Gasteiger partial charge in [0.1, 0.15) is 0 Å². The van der Waals surface area contributed by atoms with E-state index >= 15 is 0 Å². The monoisotopic (exact) mass is 438 g/mol. The first-order valence-corrected chi connectivity index (χ1v) is 6.00. The van der Waals surface area contributed by atoms with Crippen LogP contribution in [0.3, 0.4) is 0 Å². The van der Waals surface area contributed by atoms with Crippen molar-refractivity contribution in [2.75, 3.05) is 0 Å². The maximum absolute atomic E-state index is 5.57. The molecule has 0 aliphatic rings. The molecule has 0 heterocycles. The SMILES string of the molecule is C.C.[S-]c1ccc(Cl)cc1.[S-]c1ccc(Cl)cc1.[Sn+2]. The Kier molecular flexibility index (Phi) is 16.9. The molecular weight excluding hydrogens is 422 g/mol. The molecule has 0 saturated heterocycles. The maximum Gasteiger partial charge on any atom is 2.00 e. The van der Waals surface area contributed by atoms with Crippen molar-refractivity contribution >= 4 is 72.4 Å². The van der Waals surface area contributed by atoms with E-state index in [0.717, 1.165) is 19.8 Å². The summed E-state index contributed by atoms with van der Waals surface area (Å²) < 4.78 is 0. The minimum absolute atomic E-state index is 0. The van der Waals surface area contributed by atoms with Crippen LogP contribution in [0.5, 0.6) is 0 Å². The zero-order chi connectivity index (χ0) is 12.0. The van der Waals surface area contributed by atoms with Gasteiger partial charge in [-0.3, -0.25) is 0 Å². The predicted molar refractivity (Wildman–Crippen MR) is 93.4 cm³/mol. The Bertz CT molecular complexity index is 345. The average Bonchev–Trinajstić information content (AvgIpc) is 2.28. The van der Waals surface area contributed by atoms with Gasteiger partial charge in [0.15, 0.2) is 0 Å². The van der Waals surface area contributed by atoms with Crippen molar-refractivity contribution in [1.29, 1.82) is 0 Å². The summed E-state index contributed by atoms with van der Waals surface area (Å²) in [4.78, 5) is 1.66. The fourth-order valence-corrected chi connectivity index (χ4v) is 1.39. The molecule has 19 heavy (non-hydrogen) atoms. The molecule has 0 bridgehead atoms. The zero-order valence-electron chi connectivity index (χ0n) is 8.69. The number of rotatable bonds is 0. The molecule has 0 saturated carbocycles. The van der Waals surface area contributed by atoms with Gasteiger partial charge in [0.05, 0.1) is 0 Å².